The maximum absolute atomic E-state index is 11.1. The van der Waals surface area contributed by atoms with E-state index in [1.165, 1.54) is 0 Å². The summed E-state index contributed by atoms with van der Waals surface area (Å²) in [6.45, 7) is 0. The number of hydrogen-bond donors (Lipinski definition) is 0. The van der Waals surface area contributed by atoms with Gasteiger partial charge in [0.2, 0.25) is 0 Å². The number of allylic oxidation sites excluding steroid dienone is 1. The highest BCUT2D eigenvalue weighted by atomic mass is 32.2. The van der Waals surface area contributed by atoms with Crippen LogP contribution in [0.2, 0.25) is 0 Å². The fourth-order valence-electron chi connectivity index (χ4n) is 0.944. The molecule has 0 heterocycles. The van der Waals surface area contributed by atoms with E-state index < -0.39 is 0 Å². The molecule has 1 nitrogen and oxygen atoms in total. The van der Waals surface area contributed by atoms with Crippen LogP contribution in [0.5, 0.6) is 0 Å². The molecular formula is C11H12OS. The average molecular weight is 192 g/mol. The van der Waals surface area contributed by atoms with Gasteiger partial charge in [0.05, 0.1) is 5.75 Å². The molecule has 1 aromatic carbocycles. The lowest BCUT2D eigenvalue weighted by Gasteiger charge is -1.91. The molecule has 13 heavy (non-hydrogen) atoms. The van der Waals surface area contributed by atoms with Crippen molar-refractivity contribution in [3.63, 3.8) is 0 Å². The Labute approximate surface area is 82.9 Å². The minimum absolute atomic E-state index is 0.163. The van der Waals surface area contributed by atoms with Gasteiger partial charge in [-0.05, 0) is 17.9 Å². The van der Waals surface area contributed by atoms with Gasteiger partial charge in [0.1, 0.15) is 0 Å². The second kappa shape index (κ2) is 5.60. The third-order valence-electron chi connectivity index (χ3n) is 1.55. The number of carbonyl (C=O) groups excluding carboxylic acids is 1. The molecule has 1 aromatic rings. The Morgan fingerprint density at radius 1 is 1.38 bits per heavy atom. The largest absolute Gasteiger partial charge is 0.294 e. The minimum atomic E-state index is 0.163. The molecule has 0 aromatic heterocycles. The van der Waals surface area contributed by atoms with Crippen LogP contribution < -0.4 is 0 Å². The van der Waals surface area contributed by atoms with Crippen molar-refractivity contribution in [2.45, 2.75) is 0 Å². The maximum atomic E-state index is 11.1. The van der Waals surface area contributed by atoms with Crippen LogP contribution in [0.1, 0.15) is 5.56 Å². The van der Waals surface area contributed by atoms with E-state index in [2.05, 4.69) is 0 Å². The Morgan fingerprint density at radius 2 is 2.08 bits per heavy atom. The number of benzene rings is 1. The van der Waals surface area contributed by atoms with Crippen LogP contribution in [0.15, 0.2) is 36.4 Å². The molecular weight excluding hydrogens is 180 g/mol. The number of thioether (sulfide) groups is 1. The molecule has 0 saturated heterocycles. The van der Waals surface area contributed by atoms with Gasteiger partial charge in [0.15, 0.2) is 5.78 Å². The number of ketones is 1. The maximum Gasteiger partial charge on any atom is 0.165 e. The fourth-order valence-corrected chi connectivity index (χ4v) is 1.32. The van der Waals surface area contributed by atoms with E-state index in [9.17, 15) is 4.79 Å². The third-order valence-corrected chi connectivity index (χ3v) is 2.12. The van der Waals surface area contributed by atoms with Crippen LogP contribution in [0, 0.1) is 0 Å². The Kier molecular flexibility index (Phi) is 4.33. The zero-order valence-corrected chi connectivity index (χ0v) is 8.38. The number of hydrogen-bond acceptors (Lipinski definition) is 2. The first kappa shape index (κ1) is 10.1. The molecule has 68 valence electrons. The van der Waals surface area contributed by atoms with Crippen LogP contribution in [0.25, 0.3) is 6.08 Å². The molecule has 0 unspecified atom stereocenters. The van der Waals surface area contributed by atoms with Crippen LogP contribution in [-0.4, -0.2) is 17.8 Å². The summed E-state index contributed by atoms with van der Waals surface area (Å²) < 4.78 is 0. The lowest BCUT2D eigenvalue weighted by Crippen LogP contribution is -1.94. The number of rotatable bonds is 4. The molecule has 1 rings (SSSR count). The van der Waals surface area contributed by atoms with E-state index in [1.807, 2.05) is 42.7 Å². The highest BCUT2D eigenvalue weighted by Gasteiger charge is 1.92. The lowest BCUT2D eigenvalue weighted by molar-refractivity contribution is -0.112. The fraction of sp³-hybridized carbons (Fsp3) is 0.182. The summed E-state index contributed by atoms with van der Waals surface area (Å²) in [5, 5.41) is 0. The standard InChI is InChI=1S/C11H12OS/c1-13-9-11(12)8-7-10-5-3-2-4-6-10/h2-8H,9H2,1H3/b8-7+. The van der Waals surface area contributed by atoms with Gasteiger partial charge in [0, 0.05) is 0 Å². The molecule has 0 radical (unpaired) electrons. The topological polar surface area (TPSA) is 17.1 Å². The normalized spacial score (nSPS) is 10.5. The summed E-state index contributed by atoms with van der Waals surface area (Å²) in [6.07, 6.45) is 5.40. The molecule has 0 bridgehead atoms. The van der Waals surface area contributed by atoms with Crippen molar-refractivity contribution in [1.29, 1.82) is 0 Å². The second-order valence-electron chi connectivity index (χ2n) is 2.64. The molecule has 0 atom stereocenters. The van der Waals surface area contributed by atoms with Crippen LogP contribution in [0.4, 0.5) is 0 Å². The molecule has 0 aliphatic rings. The first-order chi connectivity index (χ1) is 6.33. The Morgan fingerprint density at radius 3 is 2.69 bits per heavy atom. The van der Waals surface area contributed by atoms with Gasteiger partial charge in [-0.3, -0.25) is 4.79 Å². The van der Waals surface area contributed by atoms with Crippen molar-refractivity contribution in [3.8, 4) is 0 Å². The van der Waals surface area contributed by atoms with Crippen molar-refractivity contribution in [3.05, 3.63) is 42.0 Å². The van der Waals surface area contributed by atoms with Gasteiger partial charge in [-0.2, -0.15) is 11.8 Å². The van der Waals surface area contributed by atoms with E-state index in [4.69, 9.17) is 0 Å². The van der Waals surface area contributed by atoms with Gasteiger partial charge in [-0.15, -0.1) is 0 Å². The van der Waals surface area contributed by atoms with Crippen molar-refractivity contribution < 1.29 is 4.79 Å². The van der Waals surface area contributed by atoms with Gasteiger partial charge >= 0.3 is 0 Å². The zero-order valence-electron chi connectivity index (χ0n) is 7.57. The van der Waals surface area contributed by atoms with Gasteiger partial charge in [-0.25, -0.2) is 0 Å². The van der Waals surface area contributed by atoms with Crippen LogP contribution >= 0.6 is 11.8 Å². The first-order valence-electron chi connectivity index (χ1n) is 4.08. The Bertz CT molecular complexity index is 290. The highest BCUT2D eigenvalue weighted by molar-refractivity contribution is 7.99. The van der Waals surface area contributed by atoms with Gasteiger partial charge in [0.25, 0.3) is 0 Å². The van der Waals surface area contributed by atoms with Crippen molar-refractivity contribution in [2.75, 3.05) is 12.0 Å². The van der Waals surface area contributed by atoms with Crippen molar-refractivity contribution in [1.82, 2.24) is 0 Å². The van der Waals surface area contributed by atoms with E-state index in [-0.39, 0.29) is 5.78 Å². The van der Waals surface area contributed by atoms with Crippen molar-refractivity contribution in [2.24, 2.45) is 0 Å². The molecule has 0 amide bonds. The van der Waals surface area contributed by atoms with E-state index in [0.29, 0.717) is 5.75 Å². The van der Waals surface area contributed by atoms with Gasteiger partial charge in [-0.1, -0.05) is 36.4 Å². The summed E-state index contributed by atoms with van der Waals surface area (Å²) in [6, 6.07) is 9.82. The molecule has 0 fully saturated rings. The summed E-state index contributed by atoms with van der Waals surface area (Å²) in [4.78, 5) is 11.1. The summed E-state index contributed by atoms with van der Waals surface area (Å²) in [7, 11) is 0. The Balaban J connectivity index is 2.54. The van der Waals surface area contributed by atoms with E-state index in [1.54, 1.807) is 17.8 Å². The predicted molar refractivity (Wildman–Crippen MR) is 58.9 cm³/mol. The molecule has 0 saturated carbocycles. The monoisotopic (exact) mass is 192 g/mol. The minimum Gasteiger partial charge on any atom is -0.294 e. The summed E-state index contributed by atoms with van der Waals surface area (Å²) in [5.74, 6) is 0.722. The van der Waals surface area contributed by atoms with Gasteiger partial charge < -0.3 is 0 Å². The predicted octanol–water partition coefficient (Wildman–Crippen LogP) is 2.63. The quantitative estimate of drug-likeness (QED) is 0.682. The molecule has 0 aliphatic heterocycles. The average Bonchev–Trinajstić information content (AvgIpc) is 2.17. The van der Waals surface area contributed by atoms with Crippen molar-refractivity contribution >= 4 is 23.6 Å². The summed E-state index contributed by atoms with van der Waals surface area (Å²) in [5.41, 5.74) is 1.07. The zero-order chi connectivity index (χ0) is 9.52. The molecule has 0 aliphatic carbocycles. The van der Waals surface area contributed by atoms with Crippen LogP contribution in [-0.2, 0) is 4.79 Å². The lowest BCUT2D eigenvalue weighted by atomic mass is 10.2. The summed E-state index contributed by atoms with van der Waals surface area (Å²) >= 11 is 1.54. The SMILES string of the molecule is CSCC(=O)/C=C/c1ccccc1. The molecule has 0 spiro atoms. The van der Waals surface area contributed by atoms with Crippen LogP contribution in [0.3, 0.4) is 0 Å². The Hall–Kier alpha value is -1.02. The second-order valence-corrected chi connectivity index (χ2v) is 3.51. The molecule has 0 N–H and O–H groups in total. The highest BCUT2D eigenvalue weighted by Crippen LogP contribution is 2.01. The first-order valence-corrected chi connectivity index (χ1v) is 5.47. The smallest absolute Gasteiger partial charge is 0.165 e. The van der Waals surface area contributed by atoms with E-state index >= 15 is 0 Å². The third kappa shape index (κ3) is 3.95. The number of carbonyl (C=O) groups is 1. The molecule has 2 heteroatoms. The van der Waals surface area contributed by atoms with E-state index in [0.717, 1.165) is 5.56 Å².